The van der Waals surface area contributed by atoms with Crippen LogP contribution in [0.1, 0.15) is 15.2 Å². The second-order valence-corrected chi connectivity index (χ2v) is 6.64. The van der Waals surface area contributed by atoms with Gasteiger partial charge in [-0.15, -0.1) is 16.4 Å². The minimum absolute atomic E-state index is 0.0607. The molecule has 0 aliphatic carbocycles. The molecule has 0 amide bonds. The SMILES string of the molecule is O=C(/C=C/c1ccc(Br)s1)c1cccc(-n2cnnn2)c1. The molecule has 104 valence electrons. The Morgan fingerprint density at radius 1 is 1.29 bits per heavy atom. The number of ketones is 1. The first-order valence-electron chi connectivity index (χ1n) is 6.03. The van der Waals surface area contributed by atoms with Gasteiger partial charge in [0.1, 0.15) is 6.33 Å². The van der Waals surface area contributed by atoms with Crippen molar-refractivity contribution < 1.29 is 4.79 Å². The zero-order valence-electron chi connectivity index (χ0n) is 10.7. The number of carbonyl (C=O) groups is 1. The van der Waals surface area contributed by atoms with E-state index in [1.807, 2.05) is 18.2 Å². The van der Waals surface area contributed by atoms with Crippen LogP contribution in [-0.2, 0) is 0 Å². The van der Waals surface area contributed by atoms with Crippen molar-refractivity contribution in [2.45, 2.75) is 0 Å². The molecule has 0 aliphatic heterocycles. The number of nitrogens with zero attached hydrogens (tertiary/aromatic N) is 4. The van der Waals surface area contributed by atoms with E-state index in [9.17, 15) is 4.79 Å². The fourth-order valence-corrected chi connectivity index (χ4v) is 3.08. The molecule has 2 heterocycles. The molecule has 0 atom stereocenters. The van der Waals surface area contributed by atoms with Gasteiger partial charge in [0.2, 0.25) is 0 Å². The van der Waals surface area contributed by atoms with E-state index in [4.69, 9.17) is 0 Å². The highest BCUT2D eigenvalue weighted by atomic mass is 79.9. The van der Waals surface area contributed by atoms with Gasteiger partial charge < -0.3 is 0 Å². The van der Waals surface area contributed by atoms with E-state index in [-0.39, 0.29) is 5.78 Å². The standard InChI is InChI=1S/C14H9BrN4OS/c15-14-7-5-12(21-14)4-6-13(20)10-2-1-3-11(8-10)19-9-16-17-18-19/h1-9H/b6-4+. The lowest BCUT2D eigenvalue weighted by Crippen LogP contribution is -1.99. The van der Waals surface area contributed by atoms with Crippen LogP contribution in [0, 0.1) is 0 Å². The van der Waals surface area contributed by atoms with Crippen molar-refractivity contribution in [1.29, 1.82) is 0 Å². The second-order valence-electron chi connectivity index (χ2n) is 4.14. The summed E-state index contributed by atoms with van der Waals surface area (Å²) in [6, 6.07) is 11.1. The lowest BCUT2D eigenvalue weighted by molar-refractivity contribution is 0.104. The number of halogens is 1. The molecule has 0 radical (unpaired) electrons. The lowest BCUT2D eigenvalue weighted by atomic mass is 10.1. The van der Waals surface area contributed by atoms with E-state index in [0.29, 0.717) is 5.56 Å². The summed E-state index contributed by atoms with van der Waals surface area (Å²) in [5.74, 6) is -0.0607. The number of allylic oxidation sites excluding steroid dienone is 1. The van der Waals surface area contributed by atoms with Gasteiger partial charge in [0.05, 0.1) is 9.47 Å². The van der Waals surface area contributed by atoms with Crippen molar-refractivity contribution in [3.8, 4) is 5.69 Å². The number of benzene rings is 1. The summed E-state index contributed by atoms with van der Waals surface area (Å²) in [4.78, 5) is 13.2. The molecular weight excluding hydrogens is 352 g/mol. The fourth-order valence-electron chi connectivity index (χ4n) is 1.75. The van der Waals surface area contributed by atoms with E-state index in [0.717, 1.165) is 14.4 Å². The summed E-state index contributed by atoms with van der Waals surface area (Å²) in [6.07, 6.45) is 4.86. The highest BCUT2D eigenvalue weighted by Gasteiger charge is 2.05. The van der Waals surface area contributed by atoms with E-state index in [1.54, 1.807) is 41.7 Å². The van der Waals surface area contributed by atoms with Crippen molar-refractivity contribution in [2.24, 2.45) is 0 Å². The molecule has 0 unspecified atom stereocenters. The van der Waals surface area contributed by atoms with E-state index in [1.165, 1.54) is 11.0 Å². The van der Waals surface area contributed by atoms with Gasteiger partial charge in [-0.25, -0.2) is 4.68 Å². The Morgan fingerprint density at radius 2 is 2.19 bits per heavy atom. The molecule has 0 spiro atoms. The average Bonchev–Trinajstić information content (AvgIpc) is 3.16. The Morgan fingerprint density at radius 3 is 2.90 bits per heavy atom. The molecule has 0 N–H and O–H groups in total. The van der Waals surface area contributed by atoms with Gasteiger partial charge in [0, 0.05) is 10.4 Å². The largest absolute Gasteiger partial charge is 0.289 e. The number of thiophene rings is 1. The molecule has 0 fully saturated rings. The van der Waals surface area contributed by atoms with Gasteiger partial charge >= 0.3 is 0 Å². The summed E-state index contributed by atoms with van der Waals surface area (Å²) in [5, 5.41) is 11.0. The van der Waals surface area contributed by atoms with Crippen molar-refractivity contribution >= 4 is 39.1 Å². The van der Waals surface area contributed by atoms with Crippen molar-refractivity contribution in [3.05, 3.63) is 63.0 Å². The highest BCUT2D eigenvalue weighted by Crippen LogP contribution is 2.23. The predicted octanol–water partition coefficient (Wildman–Crippen LogP) is 3.38. The molecule has 21 heavy (non-hydrogen) atoms. The molecule has 7 heteroatoms. The van der Waals surface area contributed by atoms with Gasteiger partial charge in [-0.05, 0) is 62.8 Å². The maximum atomic E-state index is 12.2. The maximum absolute atomic E-state index is 12.2. The topological polar surface area (TPSA) is 60.7 Å². The van der Waals surface area contributed by atoms with E-state index < -0.39 is 0 Å². The Labute approximate surface area is 133 Å². The summed E-state index contributed by atoms with van der Waals surface area (Å²) >= 11 is 4.97. The molecule has 2 aromatic heterocycles. The minimum atomic E-state index is -0.0607. The van der Waals surface area contributed by atoms with Crippen LogP contribution >= 0.6 is 27.3 Å². The van der Waals surface area contributed by atoms with Gasteiger partial charge in [-0.2, -0.15) is 0 Å². The first kappa shape index (κ1) is 13.8. The summed E-state index contributed by atoms with van der Waals surface area (Å²) in [5.41, 5.74) is 1.34. The third kappa shape index (κ3) is 3.32. The third-order valence-corrected chi connectivity index (χ3v) is 4.33. The van der Waals surface area contributed by atoms with Crippen LogP contribution in [0.5, 0.6) is 0 Å². The van der Waals surface area contributed by atoms with Crippen LogP contribution in [0.2, 0.25) is 0 Å². The number of carbonyl (C=O) groups excluding carboxylic acids is 1. The van der Waals surface area contributed by atoms with Crippen LogP contribution < -0.4 is 0 Å². The van der Waals surface area contributed by atoms with Gasteiger partial charge in [0.25, 0.3) is 0 Å². The van der Waals surface area contributed by atoms with Crippen molar-refractivity contribution in [3.63, 3.8) is 0 Å². The second kappa shape index (κ2) is 6.11. The Bertz CT molecular complexity index is 795. The molecule has 3 aromatic rings. The highest BCUT2D eigenvalue weighted by molar-refractivity contribution is 9.11. The van der Waals surface area contributed by atoms with Crippen LogP contribution in [-0.4, -0.2) is 26.0 Å². The maximum Gasteiger partial charge on any atom is 0.185 e. The summed E-state index contributed by atoms with van der Waals surface area (Å²) < 4.78 is 2.55. The number of hydrogen-bond acceptors (Lipinski definition) is 5. The first-order chi connectivity index (χ1) is 10.2. The quantitative estimate of drug-likeness (QED) is 0.528. The van der Waals surface area contributed by atoms with E-state index in [2.05, 4.69) is 31.5 Å². The molecule has 0 saturated heterocycles. The summed E-state index contributed by atoms with van der Waals surface area (Å²) in [7, 11) is 0. The van der Waals surface area contributed by atoms with Crippen LogP contribution in [0.25, 0.3) is 11.8 Å². The number of aromatic nitrogens is 4. The van der Waals surface area contributed by atoms with Crippen LogP contribution in [0.15, 0.2) is 52.6 Å². The predicted molar refractivity (Wildman–Crippen MR) is 84.5 cm³/mol. The van der Waals surface area contributed by atoms with Crippen molar-refractivity contribution in [1.82, 2.24) is 20.2 Å². The number of rotatable bonds is 4. The zero-order valence-corrected chi connectivity index (χ0v) is 13.1. The normalized spacial score (nSPS) is 11.1. The van der Waals surface area contributed by atoms with Gasteiger partial charge in [-0.3, -0.25) is 4.79 Å². The molecule has 0 bridgehead atoms. The van der Waals surface area contributed by atoms with Crippen molar-refractivity contribution in [2.75, 3.05) is 0 Å². The molecular formula is C14H9BrN4OS. The Hall–Kier alpha value is -2.12. The smallest absolute Gasteiger partial charge is 0.185 e. The number of hydrogen-bond donors (Lipinski definition) is 0. The van der Waals surface area contributed by atoms with Gasteiger partial charge in [-0.1, -0.05) is 12.1 Å². The fraction of sp³-hybridized carbons (Fsp3) is 0. The minimum Gasteiger partial charge on any atom is -0.289 e. The summed E-state index contributed by atoms with van der Waals surface area (Å²) in [6.45, 7) is 0. The van der Waals surface area contributed by atoms with Gasteiger partial charge in [0.15, 0.2) is 5.78 Å². The monoisotopic (exact) mass is 360 g/mol. The number of tetrazole rings is 1. The lowest BCUT2D eigenvalue weighted by Gasteiger charge is -2.01. The molecule has 5 nitrogen and oxygen atoms in total. The Balaban J connectivity index is 1.82. The molecule has 3 rings (SSSR count). The van der Waals surface area contributed by atoms with Crippen LogP contribution in [0.4, 0.5) is 0 Å². The average molecular weight is 361 g/mol. The third-order valence-electron chi connectivity index (χ3n) is 2.74. The Kier molecular flexibility index (Phi) is 4.03. The van der Waals surface area contributed by atoms with Crippen LogP contribution in [0.3, 0.4) is 0 Å². The first-order valence-corrected chi connectivity index (χ1v) is 7.64. The molecule has 0 saturated carbocycles. The molecule has 1 aromatic carbocycles. The molecule has 0 aliphatic rings. The van der Waals surface area contributed by atoms with E-state index >= 15 is 0 Å². The zero-order chi connectivity index (χ0) is 14.7.